The van der Waals surface area contributed by atoms with Crippen molar-refractivity contribution in [3.63, 3.8) is 0 Å². The van der Waals surface area contributed by atoms with Crippen LogP contribution in [0.3, 0.4) is 0 Å². The minimum Gasteiger partial charge on any atom is -0.389 e. The third-order valence-electron chi connectivity index (χ3n) is 3.92. The van der Waals surface area contributed by atoms with Gasteiger partial charge < -0.3 is 5.11 Å². The number of carbonyl (C=O) groups is 1. The number of H-pyrrole nitrogens is 1. The highest BCUT2D eigenvalue weighted by Gasteiger charge is 2.31. The van der Waals surface area contributed by atoms with Crippen LogP contribution in [0, 0.1) is 0 Å². The second kappa shape index (κ2) is 6.23. The Kier molecular flexibility index (Phi) is 4.15. The van der Waals surface area contributed by atoms with Gasteiger partial charge in [-0.15, -0.1) is 5.10 Å². The predicted octanol–water partition coefficient (Wildman–Crippen LogP) is 1.89. The molecule has 1 aliphatic carbocycles. The third-order valence-corrected chi connectivity index (χ3v) is 3.92. The molecule has 0 spiro atoms. The molecule has 3 N–H and O–H groups in total. The molecule has 7 heteroatoms. The number of aliphatic hydroxyl groups is 1. The molecule has 1 fully saturated rings. The van der Waals surface area contributed by atoms with Gasteiger partial charge in [-0.25, -0.2) is 0 Å². The van der Waals surface area contributed by atoms with E-state index in [2.05, 4.69) is 25.5 Å². The van der Waals surface area contributed by atoms with E-state index in [9.17, 15) is 9.90 Å². The van der Waals surface area contributed by atoms with E-state index in [0.29, 0.717) is 24.4 Å². The Balaban J connectivity index is 1.61. The first-order valence-corrected chi connectivity index (χ1v) is 7.51. The zero-order chi connectivity index (χ0) is 15.4. The molecule has 0 saturated heterocycles. The standard InChI is InChI=1S/C15H19N5O2/c21-12(10-15(22)7-3-1-4-8-15)17-14-18-13(19-20-14)11-6-2-5-9-16-11/h2,5-6,9,22H,1,3-4,7-8,10H2,(H2,17,18,19,20,21). The van der Waals surface area contributed by atoms with E-state index in [-0.39, 0.29) is 18.3 Å². The van der Waals surface area contributed by atoms with Crippen LogP contribution in [0.4, 0.5) is 5.95 Å². The minimum atomic E-state index is -0.886. The van der Waals surface area contributed by atoms with E-state index in [1.165, 1.54) is 0 Å². The summed E-state index contributed by atoms with van der Waals surface area (Å²) in [4.78, 5) is 20.4. The topological polar surface area (TPSA) is 104 Å². The van der Waals surface area contributed by atoms with E-state index in [0.717, 1.165) is 19.3 Å². The first-order valence-electron chi connectivity index (χ1n) is 7.51. The summed E-state index contributed by atoms with van der Waals surface area (Å²) in [6.45, 7) is 0. The number of amides is 1. The van der Waals surface area contributed by atoms with Crippen molar-refractivity contribution in [2.24, 2.45) is 0 Å². The fourth-order valence-electron chi connectivity index (χ4n) is 2.79. The van der Waals surface area contributed by atoms with Crippen LogP contribution in [0.2, 0.25) is 0 Å². The Morgan fingerprint density at radius 3 is 2.86 bits per heavy atom. The summed E-state index contributed by atoms with van der Waals surface area (Å²) in [5.74, 6) is 0.424. The number of hydrogen-bond acceptors (Lipinski definition) is 5. The Labute approximate surface area is 128 Å². The molecule has 116 valence electrons. The van der Waals surface area contributed by atoms with E-state index >= 15 is 0 Å². The number of nitrogens with zero attached hydrogens (tertiary/aromatic N) is 3. The van der Waals surface area contributed by atoms with Gasteiger partial charge in [0.2, 0.25) is 11.9 Å². The van der Waals surface area contributed by atoms with Crippen LogP contribution in [-0.2, 0) is 4.79 Å². The lowest BCUT2D eigenvalue weighted by Gasteiger charge is -2.31. The van der Waals surface area contributed by atoms with E-state index in [1.54, 1.807) is 12.3 Å². The van der Waals surface area contributed by atoms with Crippen LogP contribution in [0.15, 0.2) is 24.4 Å². The molecule has 2 heterocycles. The van der Waals surface area contributed by atoms with Crippen molar-refractivity contribution in [3.05, 3.63) is 24.4 Å². The average Bonchev–Trinajstić information content (AvgIpc) is 2.96. The summed E-state index contributed by atoms with van der Waals surface area (Å²) >= 11 is 0. The lowest BCUT2D eigenvalue weighted by molar-refractivity contribution is -0.122. The second-order valence-corrected chi connectivity index (χ2v) is 5.73. The van der Waals surface area contributed by atoms with Crippen LogP contribution in [0.25, 0.3) is 11.5 Å². The number of hydrogen-bond donors (Lipinski definition) is 3. The molecule has 0 aliphatic heterocycles. The fourth-order valence-corrected chi connectivity index (χ4v) is 2.79. The highest BCUT2D eigenvalue weighted by molar-refractivity contribution is 5.89. The maximum Gasteiger partial charge on any atom is 0.249 e. The zero-order valence-corrected chi connectivity index (χ0v) is 12.2. The maximum absolute atomic E-state index is 12.1. The van der Waals surface area contributed by atoms with Crippen LogP contribution in [0.5, 0.6) is 0 Å². The summed E-state index contributed by atoms with van der Waals surface area (Å²) in [6, 6.07) is 5.46. The van der Waals surface area contributed by atoms with Crippen molar-refractivity contribution >= 4 is 11.9 Å². The van der Waals surface area contributed by atoms with E-state index in [4.69, 9.17) is 0 Å². The SMILES string of the molecule is O=C(CC1(O)CCCCC1)Nc1n[nH]c(-c2ccccn2)n1. The Morgan fingerprint density at radius 1 is 1.32 bits per heavy atom. The van der Waals surface area contributed by atoms with Gasteiger partial charge in [0.05, 0.1) is 12.0 Å². The number of aromatic nitrogens is 4. The lowest BCUT2D eigenvalue weighted by Crippen LogP contribution is -2.36. The van der Waals surface area contributed by atoms with E-state index < -0.39 is 5.60 Å². The maximum atomic E-state index is 12.1. The predicted molar refractivity (Wildman–Crippen MR) is 80.9 cm³/mol. The number of pyridine rings is 1. The van der Waals surface area contributed by atoms with Crippen molar-refractivity contribution in [2.75, 3.05) is 5.32 Å². The quantitative estimate of drug-likeness (QED) is 0.800. The largest absolute Gasteiger partial charge is 0.389 e. The Hall–Kier alpha value is -2.28. The van der Waals surface area contributed by atoms with Crippen molar-refractivity contribution in [3.8, 4) is 11.5 Å². The summed E-state index contributed by atoms with van der Waals surface area (Å²) in [5, 5.41) is 19.7. The van der Waals surface area contributed by atoms with Crippen molar-refractivity contribution < 1.29 is 9.90 Å². The molecule has 2 aromatic heterocycles. The molecule has 7 nitrogen and oxygen atoms in total. The number of rotatable bonds is 4. The minimum absolute atomic E-state index is 0.0838. The average molecular weight is 301 g/mol. The molecule has 0 atom stereocenters. The van der Waals surface area contributed by atoms with Crippen LogP contribution >= 0.6 is 0 Å². The summed E-state index contributed by atoms with van der Waals surface area (Å²) < 4.78 is 0. The molecule has 0 radical (unpaired) electrons. The lowest BCUT2D eigenvalue weighted by atomic mass is 9.82. The highest BCUT2D eigenvalue weighted by atomic mass is 16.3. The van der Waals surface area contributed by atoms with E-state index in [1.807, 2.05) is 12.1 Å². The zero-order valence-electron chi connectivity index (χ0n) is 12.2. The van der Waals surface area contributed by atoms with Crippen molar-refractivity contribution in [1.29, 1.82) is 0 Å². The molecular formula is C15H19N5O2. The van der Waals surface area contributed by atoms with Gasteiger partial charge in [0.1, 0.15) is 5.69 Å². The van der Waals surface area contributed by atoms with Crippen LogP contribution < -0.4 is 5.32 Å². The van der Waals surface area contributed by atoms with Gasteiger partial charge >= 0.3 is 0 Å². The molecule has 0 bridgehead atoms. The molecule has 1 amide bonds. The molecule has 2 aromatic rings. The number of anilines is 1. The van der Waals surface area contributed by atoms with Gasteiger partial charge in [-0.3, -0.25) is 20.2 Å². The van der Waals surface area contributed by atoms with Gasteiger partial charge in [0.25, 0.3) is 0 Å². The van der Waals surface area contributed by atoms with Crippen LogP contribution in [-0.4, -0.2) is 36.8 Å². The van der Waals surface area contributed by atoms with Gasteiger partial charge in [0, 0.05) is 6.20 Å². The molecule has 1 saturated carbocycles. The molecule has 22 heavy (non-hydrogen) atoms. The number of aromatic amines is 1. The van der Waals surface area contributed by atoms with Gasteiger partial charge in [-0.2, -0.15) is 4.98 Å². The van der Waals surface area contributed by atoms with Gasteiger partial charge in [-0.1, -0.05) is 25.3 Å². The Bertz CT molecular complexity index is 634. The molecular weight excluding hydrogens is 282 g/mol. The number of nitrogens with one attached hydrogen (secondary N) is 2. The fraction of sp³-hybridized carbons (Fsp3) is 0.467. The first-order chi connectivity index (χ1) is 10.6. The molecule has 1 aliphatic rings. The molecule has 0 unspecified atom stereocenters. The van der Waals surface area contributed by atoms with Gasteiger partial charge in [-0.05, 0) is 25.0 Å². The second-order valence-electron chi connectivity index (χ2n) is 5.73. The monoisotopic (exact) mass is 301 g/mol. The number of carbonyl (C=O) groups excluding carboxylic acids is 1. The summed E-state index contributed by atoms with van der Waals surface area (Å²) in [5.41, 5.74) is -0.232. The highest BCUT2D eigenvalue weighted by Crippen LogP contribution is 2.31. The summed E-state index contributed by atoms with van der Waals surface area (Å²) in [7, 11) is 0. The smallest absolute Gasteiger partial charge is 0.249 e. The van der Waals surface area contributed by atoms with Crippen molar-refractivity contribution in [1.82, 2.24) is 20.2 Å². The third kappa shape index (κ3) is 3.48. The van der Waals surface area contributed by atoms with Gasteiger partial charge in [0.15, 0.2) is 5.82 Å². The van der Waals surface area contributed by atoms with Crippen molar-refractivity contribution in [2.45, 2.75) is 44.1 Å². The normalized spacial score (nSPS) is 17.1. The Morgan fingerprint density at radius 2 is 2.14 bits per heavy atom. The molecule has 3 rings (SSSR count). The molecule has 0 aromatic carbocycles. The summed E-state index contributed by atoms with van der Waals surface area (Å²) in [6.07, 6.45) is 6.15. The van der Waals surface area contributed by atoms with Crippen LogP contribution in [0.1, 0.15) is 38.5 Å². The first kappa shape index (κ1) is 14.6.